The van der Waals surface area contributed by atoms with Crippen LogP contribution in [0.15, 0.2) is 31.1 Å². The van der Waals surface area contributed by atoms with Gasteiger partial charge in [0.2, 0.25) is 5.71 Å². The zero-order valence-electron chi connectivity index (χ0n) is 10.1. The molecular formula is C10H9Br2N5O2S. The third-order valence-corrected chi connectivity index (χ3v) is 4.43. The number of hydrazone groups is 1. The summed E-state index contributed by atoms with van der Waals surface area (Å²) in [6.45, 7) is 0. The summed E-state index contributed by atoms with van der Waals surface area (Å²) in [6.07, 6.45) is 1.09. The smallest absolute Gasteiger partial charge is 0.201 e. The molecule has 106 valence electrons. The first-order valence-electron chi connectivity index (χ1n) is 4.94. The largest absolute Gasteiger partial charge is 0.382 e. The molecule has 0 aliphatic heterocycles. The van der Waals surface area contributed by atoms with Crippen molar-refractivity contribution in [3.63, 3.8) is 0 Å². The summed E-state index contributed by atoms with van der Waals surface area (Å²) in [5.41, 5.74) is 7.83. The monoisotopic (exact) mass is 421 g/mol. The first-order valence-corrected chi connectivity index (χ1v) is 8.42. The summed E-state index contributed by atoms with van der Waals surface area (Å²) in [7, 11) is -3.34. The number of sulfone groups is 1. The van der Waals surface area contributed by atoms with E-state index < -0.39 is 15.7 Å². The summed E-state index contributed by atoms with van der Waals surface area (Å²) in [5.74, 6) is -0.472. The fourth-order valence-corrected chi connectivity index (χ4v) is 3.46. The Kier molecular flexibility index (Phi) is 5.27. The zero-order valence-corrected chi connectivity index (χ0v) is 14.1. The van der Waals surface area contributed by atoms with E-state index in [0.717, 1.165) is 6.26 Å². The van der Waals surface area contributed by atoms with E-state index in [0.29, 0.717) is 14.6 Å². The summed E-state index contributed by atoms with van der Waals surface area (Å²) in [5, 5.41) is 19.5. The van der Waals surface area contributed by atoms with E-state index in [1.807, 2.05) is 0 Å². The molecule has 0 saturated carbocycles. The quantitative estimate of drug-likeness (QED) is 0.386. The van der Waals surface area contributed by atoms with E-state index in [1.165, 1.54) is 12.1 Å². The number of amidine groups is 1. The van der Waals surface area contributed by atoms with Gasteiger partial charge in [-0.1, -0.05) is 0 Å². The number of hydrogen-bond donors (Lipinski definition) is 3. The molecule has 4 N–H and O–H groups in total. The number of anilines is 1. The minimum absolute atomic E-state index is 0.123. The van der Waals surface area contributed by atoms with Gasteiger partial charge >= 0.3 is 0 Å². The van der Waals surface area contributed by atoms with Gasteiger partial charge in [0.15, 0.2) is 15.7 Å². The van der Waals surface area contributed by atoms with Gasteiger partial charge in [-0.25, -0.2) is 8.42 Å². The van der Waals surface area contributed by atoms with Gasteiger partial charge in [-0.15, -0.1) is 0 Å². The molecule has 0 unspecified atom stereocenters. The highest BCUT2D eigenvalue weighted by Gasteiger charge is 2.14. The van der Waals surface area contributed by atoms with Gasteiger partial charge in [-0.2, -0.15) is 10.4 Å². The van der Waals surface area contributed by atoms with Crippen LogP contribution in [0, 0.1) is 16.7 Å². The molecule has 0 aliphatic rings. The van der Waals surface area contributed by atoms with Crippen molar-refractivity contribution in [2.45, 2.75) is 4.90 Å². The van der Waals surface area contributed by atoms with Crippen LogP contribution in [0.2, 0.25) is 0 Å². The van der Waals surface area contributed by atoms with Crippen molar-refractivity contribution < 1.29 is 8.42 Å². The maximum absolute atomic E-state index is 11.5. The van der Waals surface area contributed by atoms with E-state index in [1.54, 1.807) is 6.07 Å². The van der Waals surface area contributed by atoms with Gasteiger partial charge in [0, 0.05) is 15.2 Å². The third-order valence-electron chi connectivity index (χ3n) is 2.08. The van der Waals surface area contributed by atoms with Crippen LogP contribution in [0.5, 0.6) is 0 Å². The summed E-state index contributed by atoms with van der Waals surface area (Å²) in [4.78, 5) is 0.123. The molecule has 10 heteroatoms. The molecule has 1 aromatic carbocycles. The molecule has 0 aliphatic carbocycles. The molecule has 0 spiro atoms. The molecule has 0 fully saturated rings. The minimum atomic E-state index is -3.34. The summed E-state index contributed by atoms with van der Waals surface area (Å²) in [6, 6.07) is 4.46. The highest BCUT2D eigenvalue weighted by atomic mass is 79.9. The number of nitrogens with two attached hydrogens (primary N) is 1. The van der Waals surface area contributed by atoms with Crippen LogP contribution >= 0.6 is 31.9 Å². The lowest BCUT2D eigenvalue weighted by Gasteiger charge is -2.09. The van der Waals surface area contributed by atoms with Crippen LogP contribution in [0.1, 0.15) is 0 Å². The van der Waals surface area contributed by atoms with Crippen LogP contribution in [0.4, 0.5) is 5.69 Å². The highest BCUT2D eigenvalue weighted by molar-refractivity contribution is 9.11. The number of benzene rings is 1. The maximum atomic E-state index is 11.5. The number of nitriles is 1. The fourth-order valence-electron chi connectivity index (χ4n) is 1.13. The molecule has 1 aromatic rings. The molecule has 1 rings (SSSR count). The van der Waals surface area contributed by atoms with E-state index in [9.17, 15) is 8.42 Å². The predicted molar refractivity (Wildman–Crippen MR) is 83.5 cm³/mol. The maximum Gasteiger partial charge on any atom is 0.201 e. The summed E-state index contributed by atoms with van der Waals surface area (Å²) >= 11 is 6.41. The first kappa shape index (κ1) is 16.6. The second-order valence-electron chi connectivity index (χ2n) is 3.63. The number of rotatable bonds is 4. The van der Waals surface area contributed by atoms with Crippen LogP contribution in [-0.4, -0.2) is 26.2 Å². The molecule has 0 heterocycles. The van der Waals surface area contributed by atoms with E-state index in [-0.39, 0.29) is 10.6 Å². The van der Waals surface area contributed by atoms with Crippen molar-refractivity contribution in [2.75, 3.05) is 11.7 Å². The molecule has 0 atom stereocenters. The van der Waals surface area contributed by atoms with Crippen molar-refractivity contribution in [2.24, 2.45) is 10.8 Å². The minimum Gasteiger partial charge on any atom is -0.382 e. The normalized spacial score (nSPS) is 11.8. The molecule has 0 radical (unpaired) electrons. The van der Waals surface area contributed by atoms with Crippen LogP contribution in [-0.2, 0) is 9.84 Å². The number of nitrogens with one attached hydrogen (secondary N) is 2. The van der Waals surface area contributed by atoms with Crippen molar-refractivity contribution in [3.05, 3.63) is 21.1 Å². The number of halogens is 2. The standard InChI is InChI=1S/C10H9Br2N5O2S/c1-20(18,19)5-2-6(11)9(7(12)3-5)17-16-8(4-13)10(14)15/h2-3,17H,1H3,(H3,14,15)/b16-8+. The molecule has 0 bridgehead atoms. The second kappa shape index (κ2) is 6.34. The van der Waals surface area contributed by atoms with Gasteiger partial charge < -0.3 is 5.73 Å². The van der Waals surface area contributed by atoms with Gasteiger partial charge in [0.1, 0.15) is 6.07 Å². The average molecular weight is 423 g/mol. The highest BCUT2D eigenvalue weighted by Crippen LogP contribution is 2.34. The lowest BCUT2D eigenvalue weighted by molar-refractivity contribution is 0.602. The number of nitrogens with zero attached hydrogens (tertiary/aromatic N) is 2. The Morgan fingerprint density at radius 1 is 1.45 bits per heavy atom. The Labute approximate surface area is 132 Å². The van der Waals surface area contributed by atoms with Gasteiger partial charge in [0.05, 0.1) is 10.6 Å². The first-order chi connectivity index (χ1) is 9.16. The molecule has 20 heavy (non-hydrogen) atoms. The van der Waals surface area contributed by atoms with Gasteiger partial charge in [-0.05, 0) is 44.0 Å². The molecule has 7 nitrogen and oxygen atoms in total. The summed E-state index contributed by atoms with van der Waals surface area (Å²) < 4.78 is 23.8. The lowest BCUT2D eigenvalue weighted by Crippen LogP contribution is -2.22. The van der Waals surface area contributed by atoms with Crippen LogP contribution in [0.25, 0.3) is 0 Å². The van der Waals surface area contributed by atoms with Gasteiger partial charge in [-0.3, -0.25) is 10.8 Å². The Bertz CT molecular complexity index is 714. The molecule has 0 saturated heterocycles. The van der Waals surface area contributed by atoms with Crippen LogP contribution < -0.4 is 11.2 Å². The molecule has 0 amide bonds. The Morgan fingerprint density at radius 3 is 2.30 bits per heavy atom. The predicted octanol–water partition coefficient (Wildman–Crippen LogP) is 1.84. The Morgan fingerprint density at radius 2 is 1.95 bits per heavy atom. The third kappa shape index (κ3) is 4.03. The Balaban J connectivity index is 3.24. The molecular weight excluding hydrogens is 414 g/mol. The molecule has 0 aromatic heterocycles. The lowest BCUT2D eigenvalue weighted by atomic mass is 10.3. The zero-order chi connectivity index (χ0) is 15.5. The SMILES string of the molecule is CS(=O)(=O)c1cc(Br)c(N/N=C(\C#N)C(=N)N)c(Br)c1. The van der Waals surface area contributed by atoms with E-state index in [2.05, 4.69) is 42.4 Å². The van der Waals surface area contributed by atoms with Crippen molar-refractivity contribution >= 4 is 58.9 Å². The van der Waals surface area contributed by atoms with Crippen LogP contribution in [0.3, 0.4) is 0 Å². The van der Waals surface area contributed by atoms with Crippen molar-refractivity contribution in [3.8, 4) is 6.07 Å². The topological polar surface area (TPSA) is 132 Å². The van der Waals surface area contributed by atoms with Crippen molar-refractivity contribution in [1.82, 2.24) is 0 Å². The van der Waals surface area contributed by atoms with E-state index >= 15 is 0 Å². The van der Waals surface area contributed by atoms with E-state index in [4.69, 9.17) is 16.4 Å². The van der Waals surface area contributed by atoms with Gasteiger partial charge in [0.25, 0.3) is 0 Å². The van der Waals surface area contributed by atoms with Crippen molar-refractivity contribution in [1.29, 1.82) is 10.7 Å². The second-order valence-corrected chi connectivity index (χ2v) is 7.36. The Hall–Kier alpha value is -1.44. The average Bonchev–Trinajstić information content (AvgIpc) is 2.30. The fraction of sp³-hybridized carbons (Fsp3) is 0.100. The number of hydrogen-bond acceptors (Lipinski definition) is 6.